The Bertz CT molecular complexity index is 680. The molecule has 1 aromatic carbocycles. The van der Waals surface area contributed by atoms with Crippen LogP contribution in [0.4, 0.5) is 5.69 Å². The Kier molecular flexibility index (Phi) is 5.91. The molecule has 0 aromatic heterocycles. The molecule has 2 unspecified atom stereocenters. The van der Waals surface area contributed by atoms with E-state index in [1.165, 1.54) is 12.8 Å². The van der Waals surface area contributed by atoms with Crippen molar-refractivity contribution >= 4 is 23.5 Å². The van der Waals surface area contributed by atoms with Gasteiger partial charge in [-0.2, -0.15) is 0 Å². The molecule has 1 aromatic rings. The SMILES string of the molecule is CCOC(=O)c1ccccc1NC(=O)C1CC1C(=O)N1CCCCCC1. The molecular formula is C20H26N2O4. The second-order valence-corrected chi connectivity index (χ2v) is 6.94. The number of nitrogens with one attached hydrogen (secondary N) is 1. The van der Waals surface area contributed by atoms with Crippen molar-refractivity contribution in [2.45, 2.75) is 39.0 Å². The molecule has 1 N–H and O–H groups in total. The lowest BCUT2D eigenvalue weighted by molar-refractivity contribution is -0.134. The predicted molar refractivity (Wildman–Crippen MR) is 97.7 cm³/mol. The van der Waals surface area contributed by atoms with Gasteiger partial charge in [0.05, 0.1) is 29.7 Å². The lowest BCUT2D eigenvalue weighted by Crippen LogP contribution is -2.34. The van der Waals surface area contributed by atoms with Gasteiger partial charge in [0.1, 0.15) is 0 Å². The summed E-state index contributed by atoms with van der Waals surface area (Å²) < 4.78 is 5.03. The maximum absolute atomic E-state index is 12.6. The summed E-state index contributed by atoms with van der Waals surface area (Å²) >= 11 is 0. The van der Waals surface area contributed by atoms with Crippen molar-refractivity contribution < 1.29 is 19.1 Å². The number of anilines is 1. The molecule has 140 valence electrons. The van der Waals surface area contributed by atoms with Crippen molar-refractivity contribution in [2.75, 3.05) is 25.0 Å². The van der Waals surface area contributed by atoms with Gasteiger partial charge in [0.15, 0.2) is 0 Å². The second-order valence-electron chi connectivity index (χ2n) is 6.94. The Labute approximate surface area is 153 Å². The first kappa shape index (κ1) is 18.4. The minimum atomic E-state index is -0.462. The van der Waals surface area contributed by atoms with E-state index in [1.807, 2.05) is 4.90 Å². The van der Waals surface area contributed by atoms with Crippen molar-refractivity contribution in [2.24, 2.45) is 11.8 Å². The third kappa shape index (κ3) is 4.23. The summed E-state index contributed by atoms with van der Waals surface area (Å²) in [6, 6.07) is 6.79. The highest BCUT2D eigenvalue weighted by molar-refractivity contribution is 6.04. The highest BCUT2D eigenvalue weighted by Gasteiger charge is 2.49. The summed E-state index contributed by atoms with van der Waals surface area (Å²) in [5.74, 6) is -1.08. The molecular weight excluding hydrogens is 332 g/mol. The predicted octanol–water partition coefficient (Wildman–Crippen LogP) is 2.84. The Morgan fingerprint density at radius 3 is 2.46 bits per heavy atom. The average Bonchev–Trinajstić information content (AvgIpc) is 3.46. The summed E-state index contributed by atoms with van der Waals surface area (Å²) in [5.41, 5.74) is 0.766. The molecule has 0 spiro atoms. The molecule has 0 radical (unpaired) electrons. The molecule has 1 heterocycles. The van der Waals surface area contributed by atoms with Crippen LogP contribution in [-0.2, 0) is 14.3 Å². The normalized spacial score (nSPS) is 22.3. The van der Waals surface area contributed by atoms with Gasteiger partial charge in [-0.05, 0) is 38.3 Å². The van der Waals surface area contributed by atoms with E-state index >= 15 is 0 Å². The average molecular weight is 358 g/mol. The number of benzene rings is 1. The zero-order valence-corrected chi connectivity index (χ0v) is 15.2. The van der Waals surface area contributed by atoms with E-state index in [-0.39, 0.29) is 30.3 Å². The van der Waals surface area contributed by atoms with Gasteiger partial charge in [-0.1, -0.05) is 25.0 Å². The van der Waals surface area contributed by atoms with Crippen LogP contribution < -0.4 is 5.32 Å². The molecule has 1 aliphatic heterocycles. The summed E-state index contributed by atoms with van der Waals surface area (Å²) in [7, 11) is 0. The zero-order valence-electron chi connectivity index (χ0n) is 15.2. The van der Waals surface area contributed by atoms with Crippen molar-refractivity contribution in [1.82, 2.24) is 4.90 Å². The third-order valence-electron chi connectivity index (χ3n) is 5.04. The molecule has 1 saturated heterocycles. The highest BCUT2D eigenvalue weighted by atomic mass is 16.5. The topological polar surface area (TPSA) is 75.7 Å². The molecule has 0 bridgehead atoms. The van der Waals surface area contributed by atoms with Crippen molar-refractivity contribution in [3.8, 4) is 0 Å². The molecule has 6 nitrogen and oxygen atoms in total. The smallest absolute Gasteiger partial charge is 0.340 e. The number of rotatable bonds is 5. The van der Waals surface area contributed by atoms with Crippen LogP contribution in [0.5, 0.6) is 0 Å². The largest absolute Gasteiger partial charge is 0.462 e. The molecule has 2 fully saturated rings. The maximum atomic E-state index is 12.6. The fourth-order valence-electron chi connectivity index (χ4n) is 3.49. The minimum Gasteiger partial charge on any atom is -0.462 e. The van der Waals surface area contributed by atoms with Crippen LogP contribution in [0.15, 0.2) is 24.3 Å². The number of ether oxygens (including phenoxy) is 1. The first-order valence-electron chi connectivity index (χ1n) is 9.47. The molecule has 1 aliphatic carbocycles. The number of hydrogen-bond acceptors (Lipinski definition) is 4. The van der Waals surface area contributed by atoms with Gasteiger partial charge >= 0.3 is 5.97 Å². The van der Waals surface area contributed by atoms with Crippen molar-refractivity contribution in [3.63, 3.8) is 0 Å². The van der Waals surface area contributed by atoms with E-state index in [0.29, 0.717) is 17.7 Å². The number of likely N-dealkylation sites (tertiary alicyclic amines) is 1. The number of carbonyl (C=O) groups is 3. The summed E-state index contributed by atoms with van der Waals surface area (Å²) in [5, 5.41) is 2.80. The van der Waals surface area contributed by atoms with Crippen LogP contribution in [0.25, 0.3) is 0 Å². The standard InChI is InChI=1S/C20H26N2O4/c1-2-26-20(25)14-9-5-6-10-17(14)21-18(23)15-13-16(15)19(24)22-11-7-3-4-8-12-22/h5-6,9-10,15-16H,2-4,7-8,11-13H2,1H3,(H,21,23). The maximum Gasteiger partial charge on any atom is 0.340 e. The van der Waals surface area contributed by atoms with Crippen molar-refractivity contribution in [3.05, 3.63) is 29.8 Å². The molecule has 1 saturated carbocycles. The number of amides is 2. The van der Waals surface area contributed by atoms with Gasteiger partial charge in [-0.25, -0.2) is 4.79 Å². The first-order chi connectivity index (χ1) is 12.6. The van der Waals surface area contributed by atoms with Crippen molar-refractivity contribution in [1.29, 1.82) is 0 Å². The molecule has 2 aliphatic rings. The summed E-state index contributed by atoms with van der Waals surface area (Å²) in [4.78, 5) is 39.1. The summed E-state index contributed by atoms with van der Waals surface area (Å²) in [6.07, 6.45) is 5.01. The van der Waals surface area contributed by atoms with E-state index in [2.05, 4.69) is 5.32 Å². The lowest BCUT2D eigenvalue weighted by atomic mass is 10.1. The number of esters is 1. The van der Waals surface area contributed by atoms with Gasteiger partial charge in [-0.3, -0.25) is 9.59 Å². The molecule has 2 amide bonds. The number of hydrogen-bond donors (Lipinski definition) is 1. The highest BCUT2D eigenvalue weighted by Crippen LogP contribution is 2.41. The molecule has 3 rings (SSSR count). The van der Waals surface area contributed by atoms with E-state index in [0.717, 1.165) is 25.9 Å². The van der Waals surface area contributed by atoms with E-state index in [4.69, 9.17) is 4.74 Å². The molecule has 26 heavy (non-hydrogen) atoms. The fraction of sp³-hybridized carbons (Fsp3) is 0.550. The molecule has 6 heteroatoms. The second kappa shape index (κ2) is 8.34. The summed E-state index contributed by atoms with van der Waals surface area (Å²) in [6.45, 7) is 3.61. The van der Waals surface area contributed by atoms with Gasteiger partial charge in [-0.15, -0.1) is 0 Å². The van der Waals surface area contributed by atoms with Gasteiger partial charge in [0.2, 0.25) is 11.8 Å². The first-order valence-corrected chi connectivity index (χ1v) is 9.47. The van der Waals surface area contributed by atoms with Crippen LogP contribution in [0.3, 0.4) is 0 Å². The van der Waals surface area contributed by atoms with Crippen LogP contribution in [0.2, 0.25) is 0 Å². The van der Waals surface area contributed by atoms with Gasteiger partial charge in [0, 0.05) is 13.1 Å². The number of para-hydroxylation sites is 1. The Balaban J connectivity index is 1.60. The van der Waals surface area contributed by atoms with E-state index in [1.54, 1.807) is 31.2 Å². The minimum absolute atomic E-state index is 0.103. The number of nitrogens with zero attached hydrogens (tertiary/aromatic N) is 1. The third-order valence-corrected chi connectivity index (χ3v) is 5.04. The quantitative estimate of drug-likeness (QED) is 0.821. The fourth-order valence-corrected chi connectivity index (χ4v) is 3.49. The van der Waals surface area contributed by atoms with Crippen LogP contribution in [-0.4, -0.2) is 42.4 Å². The molecule has 2 atom stereocenters. The van der Waals surface area contributed by atoms with E-state index in [9.17, 15) is 14.4 Å². The zero-order chi connectivity index (χ0) is 18.5. The van der Waals surface area contributed by atoms with Gasteiger partial charge < -0.3 is 15.0 Å². The monoisotopic (exact) mass is 358 g/mol. The van der Waals surface area contributed by atoms with E-state index < -0.39 is 5.97 Å². The Morgan fingerprint density at radius 2 is 1.77 bits per heavy atom. The lowest BCUT2D eigenvalue weighted by Gasteiger charge is -2.20. The van der Waals surface area contributed by atoms with Crippen LogP contribution >= 0.6 is 0 Å². The van der Waals surface area contributed by atoms with Crippen LogP contribution in [0, 0.1) is 11.8 Å². The number of carbonyl (C=O) groups excluding carboxylic acids is 3. The van der Waals surface area contributed by atoms with Gasteiger partial charge in [0.25, 0.3) is 0 Å². The van der Waals surface area contributed by atoms with Crippen LogP contribution in [0.1, 0.15) is 49.4 Å². The Morgan fingerprint density at radius 1 is 1.08 bits per heavy atom. The Hall–Kier alpha value is -2.37.